The van der Waals surface area contributed by atoms with Crippen molar-refractivity contribution in [3.63, 3.8) is 0 Å². The molecule has 1 N–H and O–H groups in total. The highest BCUT2D eigenvalue weighted by Gasteiger charge is 2.07. The first kappa shape index (κ1) is 12.9. The normalized spacial score (nSPS) is 10.7. The van der Waals surface area contributed by atoms with Gasteiger partial charge in [-0.1, -0.05) is 61.0 Å². The standard InChI is InChI=1S/C17H15ClN2/c1-2-12-7-9-13(10-8-12)17-19-11-16(20-17)14-5-3-4-6-15(14)18/h3-11H,2H2,1H3,(H,19,20). The second kappa shape index (κ2) is 5.51. The Morgan fingerprint density at radius 1 is 1.05 bits per heavy atom. The van der Waals surface area contributed by atoms with Crippen LogP contribution in [0.4, 0.5) is 0 Å². The summed E-state index contributed by atoms with van der Waals surface area (Å²) in [5.41, 5.74) is 4.32. The fourth-order valence-electron chi connectivity index (χ4n) is 2.18. The van der Waals surface area contributed by atoms with Crippen molar-refractivity contribution in [1.82, 2.24) is 9.97 Å². The third-order valence-corrected chi connectivity index (χ3v) is 3.71. The molecule has 20 heavy (non-hydrogen) atoms. The summed E-state index contributed by atoms with van der Waals surface area (Å²) in [4.78, 5) is 7.77. The molecule has 0 fully saturated rings. The van der Waals surface area contributed by atoms with E-state index in [-0.39, 0.29) is 0 Å². The number of imidazole rings is 1. The number of benzene rings is 2. The van der Waals surface area contributed by atoms with Crippen LogP contribution in [-0.4, -0.2) is 9.97 Å². The van der Waals surface area contributed by atoms with Gasteiger partial charge in [0.15, 0.2) is 0 Å². The monoisotopic (exact) mass is 282 g/mol. The highest BCUT2D eigenvalue weighted by atomic mass is 35.5. The van der Waals surface area contributed by atoms with Crippen LogP contribution in [0.5, 0.6) is 0 Å². The van der Waals surface area contributed by atoms with Gasteiger partial charge in [-0.15, -0.1) is 0 Å². The molecule has 0 saturated heterocycles. The zero-order chi connectivity index (χ0) is 13.9. The van der Waals surface area contributed by atoms with Crippen LogP contribution in [0.2, 0.25) is 5.02 Å². The molecule has 1 heterocycles. The van der Waals surface area contributed by atoms with Gasteiger partial charge in [0, 0.05) is 16.1 Å². The highest BCUT2D eigenvalue weighted by Crippen LogP contribution is 2.28. The molecule has 0 aliphatic rings. The van der Waals surface area contributed by atoms with E-state index in [4.69, 9.17) is 11.6 Å². The number of nitrogens with one attached hydrogen (secondary N) is 1. The van der Waals surface area contributed by atoms with Crippen molar-refractivity contribution in [2.24, 2.45) is 0 Å². The summed E-state index contributed by atoms with van der Waals surface area (Å²) in [5, 5.41) is 0.726. The molecule has 0 aliphatic carbocycles. The summed E-state index contributed by atoms with van der Waals surface area (Å²) in [5.74, 6) is 0.863. The fraction of sp³-hybridized carbons (Fsp3) is 0.118. The Labute approximate surface area is 123 Å². The van der Waals surface area contributed by atoms with E-state index in [0.29, 0.717) is 0 Å². The summed E-state index contributed by atoms with van der Waals surface area (Å²) >= 11 is 6.21. The third kappa shape index (κ3) is 2.47. The Morgan fingerprint density at radius 2 is 1.80 bits per heavy atom. The van der Waals surface area contributed by atoms with Gasteiger partial charge in [-0.2, -0.15) is 0 Å². The average molecular weight is 283 g/mol. The van der Waals surface area contributed by atoms with Crippen molar-refractivity contribution in [2.45, 2.75) is 13.3 Å². The van der Waals surface area contributed by atoms with Gasteiger partial charge in [0.05, 0.1) is 11.9 Å². The molecular weight excluding hydrogens is 268 g/mol. The fourth-order valence-corrected chi connectivity index (χ4v) is 2.42. The SMILES string of the molecule is CCc1ccc(-c2ncc(-c3ccccc3Cl)[nH]2)cc1. The van der Waals surface area contributed by atoms with Crippen molar-refractivity contribution >= 4 is 11.6 Å². The van der Waals surface area contributed by atoms with E-state index in [1.54, 1.807) is 0 Å². The largest absolute Gasteiger partial charge is 0.338 e. The Bertz CT molecular complexity index is 714. The Morgan fingerprint density at radius 3 is 2.50 bits per heavy atom. The predicted molar refractivity (Wildman–Crippen MR) is 83.8 cm³/mol. The zero-order valence-corrected chi connectivity index (χ0v) is 12.0. The van der Waals surface area contributed by atoms with Crippen molar-refractivity contribution < 1.29 is 0 Å². The zero-order valence-electron chi connectivity index (χ0n) is 11.2. The minimum atomic E-state index is 0.726. The molecule has 2 nitrogen and oxygen atoms in total. The first-order valence-corrected chi connectivity index (χ1v) is 7.05. The number of hydrogen-bond donors (Lipinski definition) is 1. The molecule has 0 unspecified atom stereocenters. The lowest BCUT2D eigenvalue weighted by Crippen LogP contribution is -1.84. The van der Waals surface area contributed by atoms with Crippen LogP contribution in [-0.2, 0) is 6.42 Å². The molecule has 100 valence electrons. The third-order valence-electron chi connectivity index (χ3n) is 3.38. The van der Waals surface area contributed by atoms with Crippen molar-refractivity contribution in [3.05, 3.63) is 65.3 Å². The molecule has 0 atom stereocenters. The molecule has 3 rings (SSSR count). The maximum absolute atomic E-state index is 6.21. The van der Waals surface area contributed by atoms with Crippen LogP contribution in [0.3, 0.4) is 0 Å². The van der Waals surface area contributed by atoms with Gasteiger partial charge in [-0.3, -0.25) is 0 Å². The van der Waals surface area contributed by atoms with Crippen LogP contribution in [0.15, 0.2) is 54.7 Å². The number of aryl methyl sites for hydroxylation is 1. The lowest BCUT2D eigenvalue weighted by Gasteiger charge is -2.01. The van der Waals surface area contributed by atoms with Crippen LogP contribution >= 0.6 is 11.6 Å². The van der Waals surface area contributed by atoms with E-state index in [2.05, 4.69) is 41.2 Å². The lowest BCUT2D eigenvalue weighted by molar-refractivity contribution is 1.14. The van der Waals surface area contributed by atoms with E-state index in [1.807, 2.05) is 30.5 Å². The van der Waals surface area contributed by atoms with E-state index in [1.165, 1.54) is 5.56 Å². The van der Waals surface area contributed by atoms with Crippen LogP contribution in [0.25, 0.3) is 22.6 Å². The number of nitrogens with zero attached hydrogens (tertiary/aromatic N) is 1. The predicted octanol–water partition coefficient (Wildman–Crippen LogP) is 4.96. The van der Waals surface area contributed by atoms with Crippen LogP contribution in [0, 0.1) is 0 Å². The Kier molecular flexibility index (Phi) is 3.57. The number of H-pyrrole nitrogens is 1. The van der Waals surface area contributed by atoms with Crippen molar-refractivity contribution in [1.29, 1.82) is 0 Å². The van der Waals surface area contributed by atoms with Crippen molar-refractivity contribution in [3.8, 4) is 22.6 Å². The molecule has 3 heteroatoms. The number of halogens is 1. The summed E-state index contributed by atoms with van der Waals surface area (Å²) in [6.07, 6.45) is 2.87. The molecule has 3 aromatic rings. The Balaban J connectivity index is 1.95. The maximum atomic E-state index is 6.21. The van der Waals surface area contributed by atoms with Gasteiger partial charge in [-0.05, 0) is 18.1 Å². The summed E-state index contributed by atoms with van der Waals surface area (Å²) in [7, 11) is 0. The minimum absolute atomic E-state index is 0.726. The molecular formula is C17H15ClN2. The van der Waals surface area contributed by atoms with Crippen LogP contribution < -0.4 is 0 Å². The molecule has 0 amide bonds. The quantitative estimate of drug-likeness (QED) is 0.723. The van der Waals surface area contributed by atoms with E-state index in [0.717, 1.165) is 34.1 Å². The van der Waals surface area contributed by atoms with Crippen LogP contribution in [0.1, 0.15) is 12.5 Å². The number of aromatic amines is 1. The van der Waals surface area contributed by atoms with Gasteiger partial charge in [0.25, 0.3) is 0 Å². The second-order valence-corrected chi connectivity index (χ2v) is 5.08. The average Bonchev–Trinajstić information content (AvgIpc) is 2.97. The van der Waals surface area contributed by atoms with E-state index >= 15 is 0 Å². The molecule has 0 aliphatic heterocycles. The maximum Gasteiger partial charge on any atom is 0.137 e. The summed E-state index contributed by atoms with van der Waals surface area (Å²) in [6.45, 7) is 2.15. The number of hydrogen-bond acceptors (Lipinski definition) is 1. The molecule has 0 bridgehead atoms. The summed E-state index contributed by atoms with van der Waals surface area (Å²) < 4.78 is 0. The van der Waals surface area contributed by atoms with E-state index in [9.17, 15) is 0 Å². The topological polar surface area (TPSA) is 28.7 Å². The van der Waals surface area contributed by atoms with Crippen molar-refractivity contribution in [2.75, 3.05) is 0 Å². The molecule has 0 radical (unpaired) electrons. The second-order valence-electron chi connectivity index (χ2n) is 4.68. The molecule has 1 aromatic heterocycles. The number of rotatable bonds is 3. The minimum Gasteiger partial charge on any atom is -0.338 e. The van der Waals surface area contributed by atoms with Gasteiger partial charge >= 0.3 is 0 Å². The van der Waals surface area contributed by atoms with Gasteiger partial charge in [-0.25, -0.2) is 4.98 Å². The van der Waals surface area contributed by atoms with E-state index < -0.39 is 0 Å². The van der Waals surface area contributed by atoms with Gasteiger partial charge in [0.2, 0.25) is 0 Å². The van der Waals surface area contributed by atoms with Gasteiger partial charge in [0.1, 0.15) is 5.82 Å². The first-order chi connectivity index (χ1) is 9.78. The molecule has 0 saturated carbocycles. The molecule has 2 aromatic carbocycles. The highest BCUT2D eigenvalue weighted by molar-refractivity contribution is 6.33. The lowest BCUT2D eigenvalue weighted by atomic mass is 10.1. The smallest absolute Gasteiger partial charge is 0.137 e. The summed E-state index contributed by atoms with van der Waals surface area (Å²) in [6, 6.07) is 16.2. The van der Waals surface area contributed by atoms with Gasteiger partial charge < -0.3 is 4.98 Å². The number of aromatic nitrogens is 2. The first-order valence-electron chi connectivity index (χ1n) is 6.67. The Hall–Kier alpha value is -2.06. The molecule has 0 spiro atoms.